The lowest BCUT2D eigenvalue weighted by Crippen LogP contribution is -3.02. The molecule has 1 N–H and O–H groups in total. The van der Waals surface area contributed by atoms with Gasteiger partial charge in [0.05, 0.1) is 7.05 Å². The van der Waals surface area contributed by atoms with Crippen molar-refractivity contribution in [3.05, 3.63) is 5.21 Å². The average molecular weight is 231 g/mol. The van der Waals surface area contributed by atoms with E-state index in [9.17, 15) is 5.21 Å². The summed E-state index contributed by atoms with van der Waals surface area (Å²) in [6.07, 6.45) is 13.1. The number of hydrogen-bond acceptors (Lipinski definition) is 2. The molecule has 0 rings (SSSR count). The smallest absolute Gasteiger partial charge is 0.106 e. The molecule has 0 aliphatic rings. The Morgan fingerprint density at radius 1 is 0.812 bits per heavy atom. The number of rotatable bonds is 12. The SMILES string of the molecule is CCCCCCCCCCCCO[NH+](C)[O-]. The zero-order valence-electron chi connectivity index (χ0n) is 11.1. The van der Waals surface area contributed by atoms with E-state index < -0.39 is 0 Å². The van der Waals surface area contributed by atoms with E-state index in [2.05, 4.69) is 6.92 Å². The monoisotopic (exact) mass is 231 g/mol. The minimum absolute atomic E-state index is 0.157. The molecule has 16 heavy (non-hydrogen) atoms. The first-order chi connectivity index (χ1) is 7.77. The number of nitrogens with one attached hydrogen (secondary N) is 1. The van der Waals surface area contributed by atoms with Gasteiger partial charge in [-0.15, -0.1) is 0 Å². The van der Waals surface area contributed by atoms with Crippen LogP contribution < -0.4 is 5.23 Å². The van der Waals surface area contributed by atoms with Crippen LogP contribution in [0.15, 0.2) is 0 Å². The summed E-state index contributed by atoms with van der Waals surface area (Å²) in [5, 5.41) is 10.3. The van der Waals surface area contributed by atoms with Crippen LogP contribution in [0, 0.1) is 5.21 Å². The maximum absolute atomic E-state index is 10.5. The topological polar surface area (TPSA) is 36.7 Å². The van der Waals surface area contributed by atoms with Gasteiger partial charge in [0.2, 0.25) is 0 Å². The molecule has 3 nitrogen and oxygen atoms in total. The van der Waals surface area contributed by atoms with Gasteiger partial charge in [0.25, 0.3) is 0 Å². The molecule has 0 saturated heterocycles. The summed E-state index contributed by atoms with van der Waals surface area (Å²) in [6, 6.07) is 0. The van der Waals surface area contributed by atoms with Crippen LogP contribution in [-0.2, 0) is 4.84 Å². The number of hydroxylamine groups is 2. The molecule has 98 valence electrons. The van der Waals surface area contributed by atoms with Gasteiger partial charge in [0.1, 0.15) is 6.61 Å². The lowest BCUT2D eigenvalue weighted by atomic mass is 10.1. The Morgan fingerprint density at radius 2 is 1.25 bits per heavy atom. The lowest BCUT2D eigenvalue weighted by Gasteiger charge is -2.13. The average Bonchev–Trinajstić information content (AvgIpc) is 2.25. The molecule has 0 spiro atoms. The van der Waals surface area contributed by atoms with Crippen molar-refractivity contribution in [2.75, 3.05) is 13.7 Å². The van der Waals surface area contributed by atoms with Crippen LogP contribution in [-0.4, -0.2) is 13.7 Å². The van der Waals surface area contributed by atoms with Gasteiger partial charge in [-0.1, -0.05) is 64.7 Å². The molecule has 3 heteroatoms. The van der Waals surface area contributed by atoms with Gasteiger partial charge in [-0.25, -0.2) is 10.1 Å². The Kier molecular flexibility index (Phi) is 12.9. The van der Waals surface area contributed by atoms with E-state index in [0.717, 1.165) is 6.42 Å². The van der Waals surface area contributed by atoms with E-state index in [1.54, 1.807) is 0 Å². The summed E-state index contributed by atoms with van der Waals surface area (Å²) in [7, 11) is 1.47. The van der Waals surface area contributed by atoms with Gasteiger partial charge in [-0.05, 0) is 6.42 Å². The summed E-state index contributed by atoms with van der Waals surface area (Å²) in [6.45, 7) is 2.86. The van der Waals surface area contributed by atoms with E-state index in [0.29, 0.717) is 6.61 Å². The Hall–Kier alpha value is -0.120. The molecule has 0 aromatic carbocycles. The lowest BCUT2D eigenvalue weighted by molar-refractivity contribution is -1.04. The second-order valence-electron chi connectivity index (χ2n) is 4.52. The van der Waals surface area contributed by atoms with Gasteiger partial charge < -0.3 is 5.21 Å². The molecule has 0 heterocycles. The molecule has 0 aliphatic heterocycles. The van der Waals surface area contributed by atoms with Crippen LogP contribution in [0.2, 0.25) is 0 Å². The van der Waals surface area contributed by atoms with Crippen LogP contribution >= 0.6 is 0 Å². The standard InChI is InChI=1S/C13H29NO2/c1-3-4-5-6-7-8-9-10-11-12-13-16-14(2)15/h14H,3-13H2,1-2H3. The highest BCUT2D eigenvalue weighted by atomic mass is 16.9. The van der Waals surface area contributed by atoms with Crippen molar-refractivity contribution in [1.29, 1.82) is 0 Å². The second-order valence-corrected chi connectivity index (χ2v) is 4.52. The highest BCUT2D eigenvalue weighted by molar-refractivity contribution is 4.46. The van der Waals surface area contributed by atoms with E-state index in [1.807, 2.05) is 0 Å². The van der Waals surface area contributed by atoms with E-state index in [-0.39, 0.29) is 5.23 Å². The molecule has 0 saturated carbocycles. The Bertz CT molecular complexity index is 129. The Labute approximate surface area is 101 Å². The van der Waals surface area contributed by atoms with Crippen LogP contribution in [0.25, 0.3) is 0 Å². The summed E-state index contributed by atoms with van der Waals surface area (Å²) < 4.78 is 0. The fourth-order valence-corrected chi connectivity index (χ4v) is 1.81. The molecular formula is C13H29NO2. The van der Waals surface area contributed by atoms with E-state index >= 15 is 0 Å². The van der Waals surface area contributed by atoms with Gasteiger partial charge in [-0.3, -0.25) is 0 Å². The summed E-state index contributed by atoms with van der Waals surface area (Å²) in [5.41, 5.74) is 0. The van der Waals surface area contributed by atoms with Crippen molar-refractivity contribution in [3.8, 4) is 0 Å². The summed E-state index contributed by atoms with van der Waals surface area (Å²) >= 11 is 0. The molecule has 0 aromatic heterocycles. The fourth-order valence-electron chi connectivity index (χ4n) is 1.81. The number of hydrogen-bond donors (Lipinski definition) is 1. The predicted molar refractivity (Wildman–Crippen MR) is 68.0 cm³/mol. The van der Waals surface area contributed by atoms with Crippen molar-refractivity contribution in [3.63, 3.8) is 0 Å². The number of unbranched alkanes of at least 4 members (excludes halogenated alkanes) is 9. The first-order valence-corrected chi connectivity index (χ1v) is 6.90. The second kappa shape index (κ2) is 12.9. The zero-order chi connectivity index (χ0) is 12.1. The normalized spacial score (nSPS) is 12.9. The predicted octanol–water partition coefficient (Wildman–Crippen LogP) is 2.85. The first-order valence-electron chi connectivity index (χ1n) is 6.90. The largest absolute Gasteiger partial charge is 0.600 e. The third kappa shape index (κ3) is 13.9. The summed E-state index contributed by atoms with van der Waals surface area (Å²) in [5.74, 6) is 0. The van der Waals surface area contributed by atoms with Crippen molar-refractivity contribution < 1.29 is 10.1 Å². The number of quaternary nitrogens is 1. The van der Waals surface area contributed by atoms with Gasteiger partial charge in [0.15, 0.2) is 0 Å². The maximum atomic E-state index is 10.5. The minimum Gasteiger partial charge on any atom is -0.600 e. The zero-order valence-corrected chi connectivity index (χ0v) is 11.1. The van der Waals surface area contributed by atoms with Crippen molar-refractivity contribution in [1.82, 2.24) is 0 Å². The molecule has 0 fully saturated rings. The highest BCUT2D eigenvalue weighted by Gasteiger charge is 1.94. The Balaban J connectivity index is 2.88. The van der Waals surface area contributed by atoms with E-state index in [4.69, 9.17) is 4.84 Å². The van der Waals surface area contributed by atoms with Crippen molar-refractivity contribution in [2.24, 2.45) is 0 Å². The molecule has 0 aliphatic carbocycles. The van der Waals surface area contributed by atoms with Crippen molar-refractivity contribution >= 4 is 0 Å². The van der Waals surface area contributed by atoms with Crippen LogP contribution in [0.5, 0.6) is 0 Å². The molecule has 0 amide bonds. The molecule has 1 unspecified atom stereocenters. The molecular weight excluding hydrogens is 202 g/mol. The maximum Gasteiger partial charge on any atom is 0.106 e. The first kappa shape index (κ1) is 15.9. The highest BCUT2D eigenvalue weighted by Crippen LogP contribution is 2.10. The minimum atomic E-state index is -0.157. The van der Waals surface area contributed by atoms with Gasteiger partial charge >= 0.3 is 0 Å². The fraction of sp³-hybridized carbons (Fsp3) is 1.00. The molecule has 1 atom stereocenters. The summed E-state index contributed by atoms with van der Waals surface area (Å²) in [4.78, 5) is 4.87. The van der Waals surface area contributed by atoms with Gasteiger partial charge in [-0.2, -0.15) is 0 Å². The van der Waals surface area contributed by atoms with Crippen LogP contribution in [0.1, 0.15) is 71.1 Å². The molecule has 0 bridgehead atoms. The third-order valence-corrected chi connectivity index (χ3v) is 2.80. The van der Waals surface area contributed by atoms with Crippen LogP contribution in [0.3, 0.4) is 0 Å². The quantitative estimate of drug-likeness (QED) is 0.414. The Morgan fingerprint density at radius 3 is 1.69 bits per heavy atom. The van der Waals surface area contributed by atoms with E-state index in [1.165, 1.54) is 64.8 Å². The van der Waals surface area contributed by atoms with Gasteiger partial charge in [0, 0.05) is 0 Å². The third-order valence-electron chi connectivity index (χ3n) is 2.80. The van der Waals surface area contributed by atoms with Crippen LogP contribution in [0.4, 0.5) is 0 Å². The molecule has 0 aromatic rings. The molecule has 0 radical (unpaired) electrons. The van der Waals surface area contributed by atoms with Crippen molar-refractivity contribution in [2.45, 2.75) is 71.1 Å².